The van der Waals surface area contributed by atoms with E-state index in [0.717, 1.165) is 57.2 Å². The molecule has 1 aromatic rings. The Morgan fingerprint density at radius 2 is 1.89 bits per heavy atom. The number of hydrogen-bond donors (Lipinski definition) is 1. The molecule has 1 N–H and O–H groups in total. The molecule has 0 spiro atoms. The van der Waals surface area contributed by atoms with Crippen LogP contribution in [-0.4, -0.2) is 83.2 Å². The summed E-state index contributed by atoms with van der Waals surface area (Å²) < 4.78 is 1.84. The monoisotopic (exact) mass is 390 g/mol. The smallest absolute Gasteiger partial charge is 0.243 e. The first-order valence-electron chi connectivity index (χ1n) is 10.6. The lowest BCUT2D eigenvalue weighted by atomic mass is 10.1. The molecular formula is C20H34N6O2. The molecule has 3 rings (SSSR count). The Morgan fingerprint density at radius 3 is 2.57 bits per heavy atom. The molecule has 2 aliphatic rings. The Bertz CT molecular complexity index is 680. The van der Waals surface area contributed by atoms with Gasteiger partial charge in [-0.2, -0.15) is 5.10 Å². The van der Waals surface area contributed by atoms with Crippen LogP contribution in [0.5, 0.6) is 0 Å². The number of carbonyl (C=O) groups excluding carboxylic acids is 2. The molecule has 0 aliphatic carbocycles. The van der Waals surface area contributed by atoms with Gasteiger partial charge >= 0.3 is 0 Å². The van der Waals surface area contributed by atoms with Crippen molar-refractivity contribution in [3.63, 3.8) is 0 Å². The van der Waals surface area contributed by atoms with Crippen LogP contribution in [0, 0.1) is 6.92 Å². The maximum absolute atomic E-state index is 12.8. The Kier molecular flexibility index (Phi) is 7.07. The first-order chi connectivity index (χ1) is 13.5. The fourth-order valence-corrected chi connectivity index (χ4v) is 4.12. The van der Waals surface area contributed by atoms with E-state index in [1.54, 1.807) is 4.90 Å². The molecule has 0 radical (unpaired) electrons. The summed E-state index contributed by atoms with van der Waals surface area (Å²) >= 11 is 0. The van der Waals surface area contributed by atoms with Gasteiger partial charge < -0.3 is 15.1 Å². The number of anilines is 1. The van der Waals surface area contributed by atoms with Gasteiger partial charge in [-0.1, -0.05) is 13.8 Å². The van der Waals surface area contributed by atoms with E-state index in [-0.39, 0.29) is 11.8 Å². The maximum Gasteiger partial charge on any atom is 0.243 e. The van der Waals surface area contributed by atoms with Crippen LogP contribution in [0.4, 0.5) is 5.82 Å². The van der Waals surface area contributed by atoms with Gasteiger partial charge in [-0.05, 0) is 32.9 Å². The zero-order valence-corrected chi connectivity index (χ0v) is 17.5. The zero-order valence-electron chi connectivity index (χ0n) is 17.5. The van der Waals surface area contributed by atoms with Gasteiger partial charge in [0.15, 0.2) is 0 Å². The van der Waals surface area contributed by atoms with Gasteiger partial charge in [0.25, 0.3) is 0 Å². The van der Waals surface area contributed by atoms with Gasteiger partial charge in [-0.15, -0.1) is 0 Å². The lowest BCUT2D eigenvalue weighted by Crippen LogP contribution is -2.52. The third kappa shape index (κ3) is 4.72. The van der Waals surface area contributed by atoms with Crippen molar-refractivity contribution in [3.8, 4) is 0 Å². The molecule has 2 aliphatic heterocycles. The van der Waals surface area contributed by atoms with Crippen molar-refractivity contribution in [2.24, 2.45) is 0 Å². The number of amides is 2. The van der Waals surface area contributed by atoms with Crippen LogP contribution in [0.1, 0.15) is 38.8 Å². The number of nitrogens with one attached hydrogen (secondary N) is 1. The highest BCUT2D eigenvalue weighted by molar-refractivity contribution is 6.00. The fraction of sp³-hybridized carbons (Fsp3) is 0.750. The first kappa shape index (κ1) is 20.8. The van der Waals surface area contributed by atoms with Gasteiger partial charge in [0, 0.05) is 45.2 Å². The summed E-state index contributed by atoms with van der Waals surface area (Å²) in [6, 6.07) is 1.42. The molecule has 0 unspecified atom stereocenters. The van der Waals surface area contributed by atoms with Crippen molar-refractivity contribution < 1.29 is 9.59 Å². The number of likely N-dealkylation sites (N-methyl/N-ethyl adjacent to an activating group) is 1. The molecule has 0 bridgehead atoms. The van der Waals surface area contributed by atoms with Gasteiger partial charge in [0.2, 0.25) is 11.8 Å². The highest BCUT2D eigenvalue weighted by Gasteiger charge is 2.34. The molecule has 3 heterocycles. The van der Waals surface area contributed by atoms with E-state index in [0.29, 0.717) is 25.9 Å². The van der Waals surface area contributed by atoms with Crippen LogP contribution in [0.2, 0.25) is 0 Å². The quantitative estimate of drug-likeness (QED) is 0.666. The van der Waals surface area contributed by atoms with Crippen molar-refractivity contribution in [1.29, 1.82) is 0 Å². The highest BCUT2D eigenvalue weighted by Crippen LogP contribution is 2.26. The minimum Gasteiger partial charge on any atom is -0.354 e. The topological polar surface area (TPSA) is 73.7 Å². The molecule has 1 saturated heterocycles. The molecule has 2 amide bonds. The van der Waals surface area contributed by atoms with Crippen molar-refractivity contribution in [1.82, 2.24) is 24.9 Å². The van der Waals surface area contributed by atoms with Crippen molar-refractivity contribution in [3.05, 3.63) is 11.8 Å². The molecule has 156 valence electrons. The standard InChI is InChI=1S/C20H34N6O2/c1-4-17(26-18-15-16(3)22-25(18)10-7-19(26)27)20(28)21-8-6-9-24-13-11-23(5-2)12-14-24/h15,17H,4-14H2,1-3H3,(H,21,28)/t17-/m1/s1. The Labute approximate surface area is 167 Å². The minimum absolute atomic E-state index is 0.00296. The number of carbonyl (C=O) groups is 2. The van der Waals surface area contributed by atoms with Crippen molar-refractivity contribution >= 4 is 17.6 Å². The lowest BCUT2D eigenvalue weighted by molar-refractivity contribution is -0.127. The molecule has 1 atom stereocenters. The van der Waals surface area contributed by atoms with Gasteiger partial charge in [-0.3, -0.25) is 14.5 Å². The zero-order chi connectivity index (χ0) is 20.1. The van der Waals surface area contributed by atoms with Crippen LogP contribution in [0.15, 0.2) is 6.07 Å². The second kappa shape index (κ2) is 9.52. The number of nitrogens with zero attached hydrogens (tertiary/aromatic N) is 5. The van der Waals surface area contributed by atoms with Crippen LogP contribution in [-0.2, 0) is 16.1 Å². The summed E-state index contributed by atoms with van der Waals surface area (Å²) in [6.07, 6.45) is 1.90. The average Bonchev–Trinajstić information content (AvgIpc) is 3.08. The van der Waals surface area contributed by atoms with E-state index < -0.39 is 6.04 Å². The molecule has 0 aromatic carbocycles. The number of aromatic nitrogens is 2. The average molecular weight is 391 g/mol. The number of piperazine rings is 1. The third-order valence-electron chi connectivity index (χ3n) is 5.80. The van der Waals surface area contributed by atoms with Gasteiger partial charge in [0.05, 0.1) is 12.2 Å². The SMILES string of the molecule is CC[C@H](C(=O)NCCCN1CCN(CC)CC1)N1C(=O)CCn2nc(C)cc21. The molecule has 0 saturated carbocycles. The number of hydrogen-bond acceptors (Lipinski definition) is 5. The minimum atomic E-state index is -0.476. The Balaban J connectivity index is 1.50. The van der Waals surface area contributed by atoms with E-state index in [9.17, 15) is 9.59 Å². The van der Waals surface area contributed by atoms with E-state index in [1.165, 1.54) is 0 Å². The van der Waals surface area contributed by atoms with E-state index >= 15 is 0 Å². The van der Waals surface area contributed by atoms with Crippen LogP contribution in [0.25, 0.3) is 0 Å². The summed E-state index contributed by atoms with van der Waals surface area (Å²) in [7, 11) is 0. The summed E-state index contributed by atoms with van der Waals surface area (Å²) in [5, 5.41) is 7.48. The fourth-order valence-electron chi connectivity index (χ4n) is 4.12. The Morgan fingerprint density at radius 1 is 1.18 bits per heavy atom. The van der Waals surface area contributed by atoms with Crippen molar-refractivity contribution in [2.45, 2.75) is 52.6 Å². The molecule has 1 fully saturated rings. The van der Waals surface area contributed by atoms with Crippen LogP contribution < -0.4 is 10.2 Å². The van der Waals surface area contributed by atoms with Gasteiger partial charge in [0.1, 0.15) is 11.9 Å². The summed E-state index contributed by atoms with van der Waals surface area (Å²) in [4.78, 5) is 31.9. The summed E-state index contributed by atoms with van der Waals surface area (Å²) in [5.74, 6) is 0.673. The second-order valence-electron chi connectivity index (χ2n) is 7.73. The second-order valence-corrected chi connectivity index (χ2v) is 7.73. The largest absolute Gasteiger partial charge is 0.354 e. The number of fused-ring (bicyclic) bond motifs is 1. The molecular weight excluding hydrogens is 356 g/mol. The predicted molar refractivity (Wildman–Crippen MR) is 109 cm³/mol. The highest BCUT2D eigenvalue weighted by atomic mass is 16.2. The van der Waals surface area contributed by atoms with E-state index in [1.807, 2.05) is 24.6 Å². The number of rotatable bonds is 8. The van der Waals surface area contributed by atoms with Crippen LogP contribution in [0.3, 0.4) is 0 Å². The molecule has 8 heteroatoms. The summed E-state index contributed by atoms with van der Waals surface area (Å²) in [5.41, 5.74) is 0.869. The normalized spacial score (nSPS) is 19.5. The summed E-state index contributed by atoms with van der Waals surface area (Å²) in [6.45, 7) is 13.9. The first-order valence-corrected chi connectivity index (χ1v) is 10.6. The van der Waals surface area contributed by atoms with Crippen molar-refractivity contribution in [2.75, 3.05) is 50.7 Å². The van der Waals surface area contributed by atoms with Crippen LogP contribution >= 0.6 is 0 Å². The van der Waals surface area contributed by atoms with E-state index in [4.69, 9.17) is 0 Å². The molecule has 8 nitrogen and oxygen atoms in total. The predicted octanol–water partition coefficient (Wildman–Crippen LogP) is 0.851. The molecule has 1 aromatic heterocycles. The van der Waals surface area contributed by atoms with E-state index in [2.05, 4.69) is 27.1 Å². The maximum atomic E-state index is 12.8. The third-order valence-corrected chi connectivity index (χ3v) is 5.80. The molecule has 28 heavy (non-hydrogen) atoms. The number of aryl methyl sites for hydroxylation is 2. The lowest BCUT2D eigenvalue weighted by Gasteiger charge is -2.34. The Hall–Kier alpha value is -1.93. The van der Waals surface area contributed by atoms with Gasteiger partial charge in [-0.25, -0.2) is 4.68 Å².